The van der Waals surface area contributed by atoms with E-state index in [0.29, 0.717) is 17.9 Å². The molecule has 0 radical (unpaired) electrons. The molecular weight excluding hydrogens is 379 g/mol. The summed E-state index contributed by atoms with van der Waals surface area (Å²) in [6, 6.07) is 14.2. The molecule has 1 N–H and O–H groups in total. The van der Waals surface area contributed by atoms with Gasteiger partial charge >= 0.3 is 0 Å². The van der Waals surface area contributed by atoms with Gasteiger partial charge in [0, 0.05) is 30.5 Å². The van der Waals surface area contributed by atoms with E-state index in [0.717, 1.165) is 42.0 Å². The number of halogens is 1. The van der Waals surface area contributed by atoms with Crippen LogP contribution < -0.4 is 10.2 Å². The van der Waals surface area contributed by atoms with Gasteiger partial charge < -0.3 is 10.2 Å². The number of hydrogen-bond acceptors (Lipinski definition) is 4. The highest BCUT2D eigenvalue weighted by molar-refractivity contribution is 5.93. The molecule has 1 amide bonds. The third kappa shape index (κ3) is 4.64. The third-order valence-corrected chi connectivity index (χ3v) is 5.33. The predicted molar refractivity (Wildman–Crippen MR) is 117 cm³/mol. The maximum Gasteiger partial charge on any atom is 0.229 e. The molecule has 1 saturated heterocycles. The lowest BCUT2D eigenvalue weighted by Crippen LogP contribution is -2.41. The fourth-order valence-corrected chi connectivity index (χ4v) is 3.98. The number of nitrogens with one attached hydrogen (secondary N) is 1. The summed E-state index contributed by atoms with van der Waals surface area (Å²) in [4.78, 5) is 23.9. The predicted octanol–water partition coefficient (Wildman–Crippen LogP) is 4.75. The molecule has 1 fully saturated rings. The first kappa shape index (κ1) is 20.0. The Hall–Kier alpha value is -3.28. The number of aryl methyl sites for hydroxylation is 2. The number of piperidine rings is 1. The van der Waals surface area contributed by atoms with E-state index < -0.39 is 0 Å². The maximum atomic E-state index is 13.6. The van der Waals surface area contributed by atoms with Crippen molar-refractivity contribution < 1.29 is 9.18 Å². The molecule has 1 aliphatic heterocycles. The topological polar surface area (TPSA) is 58.1 Å². The number of carbonyl (C=O) groups excluding carboxylic acids is 1. The summed E-state index contributed by atoms with van der Waals surface area (Å²) in [5.41, 5.74) is 3.73. The van der Waals surface area contributed by atoms with Crippen molar-refractivity contribution in [3.8, 4) is 11.4 Å². The smallest absolute Gasteiger partial charge is 0.229 e. The second-order valence-electron chi connectivity index (χ2n) is 7.90. The normalized spacial score (nSPS) is 16.4. The molecule has 1 aliphatic rings. The second-order valence-corrected chi connectivity index (χ2v) is 7.90. The first-order valence-electron chi connectivity index (χ1n) is 10.2. The number of aromatic nitrogens is 2. The van der Waals surface area contributed by atoms with E-state index in [4.69, 9.17) is 0 Å². The van der Waals surface area contributed by atoms with Gasteiger partial charge in [-0.3, -0.25) is 4.79 Å². The Balaban J connectivity index is 1.48. The van der Waals surface area contributed by atoms with E-state index in [1.165, 1.54) is 12.1 Å². The molecule has 4 rings (SSSR count). The minimum atomic E-state index is -0.317. The van der Waals surface area contributed by atoms with Crippen LogP contribution in [0.25, 0.3) is 11.4 Å². The summed E-state index contributed by atoms with van der Waals surface area (Å²) in [5.74, 6) is 0.834. The van der Waals surface area contributed by atoms with E-state index in [-0.39, 0.29) is 17.6 Å². The lowest BCUT2D eigenvalue weighted by Gasteiger charge is -2.33. The molecule has 2 aromatic carbocycles. The van der Waals surface area contributed by atoms with E-state index in [1.807, 2.05) is 32.0 Å². The molecule has 0 saturated carbocycles. The number of rotatable bonds is 4. The number of anilines is 2. The molecule has 5 nitrogen and oxygen atoms in total. The number of amides is 1. The summed E-state index contributed by atoms with van der Waals surface area (Å²) >= 11 is 0. The molecule has 0 bridgehead atoms. The van der Waals surface area contributed by atoms with Gasteiger partial charge in [0.2, 0.25) is 5.91 Å². The molecule has 1 atom stereocenters. The van der Waals surface area contributed by atoms with Gasteiger partial charge in [-0.15, -0.1) is 0 Å². The first-order chi connectivity index (χ1) is 14.5. The number of carbonyl (C=O) groups is 1. The van der Waals surface area contributed by atoms with Crippen LogP contribution in [0.4, 0.5) is 15.9 Å². The van der Waals surface area contributed by atoms with Crippen LogP contribution in [0.3, 0.4) is 0 Å². The van der Waals surface area contributed by atoms with Crippen LogP contribution >= 0.6 is 0 Å². The maximum absolute atomic E-state index is 13.6. The van der Waals surface area contributed by atoms with Crippen molar-refractivity contribution in [2.24, 2.45) is 5.92 Å². The van der Waals surface area contributed by atoms with E-state index in [1.54, 1.807) is 18.3 Å². The van der Waals surface area contributed by atoms with Gasteiger partial charge in [-0.25, -0.2) is 14.4 Å². The first-order valence-corrected chi connectivity index (χ1v) is 10.2. The van der Waals surface area contributed by atoms with E-state index >= 15 is 0 Å². The standard InChI is InChI=1S/C24H25FN4O/c1-16-11-17(2)13-21(12-16)27-24(30)19-6-4-10-29(15-19)22-8-9-26-23(28-22)18-5-3-7-20(25)14-18/h3,5,7-9,11-14,19H,4,6,10,15H2,1-2H3,(H,27,30). The highest BCUT2D eigenvalue weighted by atomic mass is 19.1. The number of nitrogens with zero attached hydrogens (tertiary/aromatic N) is 3. The molecule has 0 spiro atoms. The van der Waals surface area contributed by atoms with Crippen molar-refractivity contribution in [3.63, 3.8) is 0 Å². The van der Waals surface area contributed by atoms with Gasteiger partial charge in [-0.2, -0.15) is 0 Å². The van der Waals surface area contributed by atoms with Crippen LogP contribution in [0.15, 0.2) is 54.7 Å². The fourth-order valence-electron chi connectivity index (χ4n) is 3.98. The zero-order valence-corrected chi connectivity index (χ0v) is 17.2. The monoisotopic (exact) mass is 404 g/mol. The summed E-state index contributed by atoms with van der Waals surface area (Å²) in [6.45, 7) is 5.47. The zero-order valence-electron chi connectivity index (χ0n) is 17.2. The number of benzene rings is 2. The minimum absolute atomic E-state index is 0.0316. The van der Waals surface area contributed by atoms with Crippen molar-refractivity contribution >= 4 is 17.4 Å². The lowest BCUT2D eigenvalue weighted by molar-refractivity contribution is -0.120. The molecular formula is C24H25FN4O. The molecule has 1 aromatic heterocycles. The van der Waals surface area contributed by atoms with Crippen LogP contribution in [-0.2, 0) is 4.79 Å². The van der Waals surface area contributed by atoms with Gasteiger partial charge in [-0.05, 0) is 68.1 Å². The molecule has 2 heterocycles. The van der Waals surface area contributed by atoms with Gasteiger partial charge in [-0.1, -0.05) is 18.2 Å². The Morgan fingerprint density at radius 1 is 1.13 bits per heavy atom. The average Bonchev–Trinajstić information content (AvgIpc) is 2.73. The van der Waals surface area contributed by atoms with Gasteiger partial charge in [0.15, 0.2) is 5.82 Å². The highest BCUT2D eigenvalue weighted by Crippen LogP contribution is 2.25. The fraction of sp³-hybridized carbons (Fsp3) is 0.292. The van der Waals surface area contributed by atoms with E-state index in [9.17, 15) is 9.18 Å². The molecule has 30 heavy (non-hydrogen) atoms. The lowest BCUT2D eigenvalue weighted by atomic mass is 9.97. The van der Waals surface area contributed by atoms with Crippen LogP contribution in [-0.4, -0.2) is 29.0 Å². The highest BCUT2D eigenvalue weighted by Gasteiger charge is 2.27. The molecule has 6 heteroatoms. The summed E-state index contributed by atoms with van der Waals surface area (Å²) in [7, 11) is 0. The van der Waals surface area contributed by atoms with Crippen molar-refractivity contribution in [1.29, 1.82) is 0 Å². The Morgan fingerprint density at radius 3 is 2.70 bits per heavy atom. The Bertz CT molecular complexity index is 1050. The van der Waals surface area contributed by atoms with Gasteiger partial charge in [0.05, 0.1) is 5.92 Å². The van der Waals surface area contributed by atoms with Crippen molar-refractivity contribution in [2.75, 3.05) is 23.3 Å². The summed E-state index contributed by atoms with van der Waals surface area (Å²) in [5, 5.41) is 3.07. The van der Waals surface area contributed by atoms with Crippen molar-refractivity contribution in [2.45, 2.75) is 26.7 Å². The summed E-state index contributed by atoms with van der Waals surface area (Å²) in [6.07, 6.45) is 3.43. The van der Waals surface area contributed by atoms with Gasteiger partial charge in [0.1, 0.15) is 11.6 Å². The molecule has 0 aliphatic carbocycles. The Labute approximate surface area is 176 Å². The summed E-state index contributed by atoms with van der Waals surface area (Å²) < 4.78 is 13.6. The zero-order chi connectivity index (χ0) is 21.1. The molecule has 1 unspecified atom stereocenters. The third-order valence-electron chi connectivity index (χ3n) is 5.33. The number of hydrogen-bond donors (Lipinski definition) is 1. The SMILES string of the molecule is Cc1cc(C)cc(NC(=O)C2CCCN(c3ccnc(-c4cccc(F)c4)n3)C2)c1. The van der Waals surface area contributed by atoms with Crippen molar-refractivity contribution in [3.05, 3.63) is 71.7 Å². The Kier molecular flexibility index (Phi) is 5.74. The quantitative estimate of drug-likeness (QED) is 0.681. The van der Waals surface area contributed by atoms with E-state index in [2.05, 4.69) is 26.3 Å². The second kappa shape index (κ2) is 8.61. The van der Waals surface area contributed by atoms with Crippen LogP contribution in [0, 0.1) is 25.6 Å². The van der Waals surface area contributed by atoms with Crippen molar-refractivity contribution in [1.82, 2.24) is 9.97 Å². The largest absolute Gasteiger partial charge is 0.356 e. The minimum Gasteiger partial charge on any atom is -0.356 e. The molecule has 3 aromatic rings. The van der Waals surface area contributed by atoms with Crippen LogP contribution in [0.2, 0.25) is 0 Å². The Morgan fingerprint density at radius 2 is 1.93 bits per heavy atom. The average molecular weight is 404 g/mol. The molecule has 154 valence electrons. The van der Waals surface area contributed by atoms with Gasteiger partial charge in [0.25, 0.3) is 0 Å². The van der Waals surface area contributed by atoms with Crippen LogP contribution in [0.1, 0.15) is 24.0 Å². The van der Waals surface area contributed by atoms with Crippen LogP contribution in [0.5, 0.6) is 0 Å².